The molecule has 0 radical (unpaired) electrons. The van der Waals surface area contributed by atoms with Crippen molar-refractivity contribution < 1.29 is 9.50 Å². The van der Waals surface area contributed by atoms with Crippen LogP contribution in [0.15, 0.2) is 22.7 Å². The zero-order valence-corrected chi connectivity index (χ0v) is 14.7. The molecule has 0 aliphatic heterocycles. The van der Waals surface area contributed by atoms with E-state index in [9.17, 15) is 9.50 Å². The summed E-state index contributed by atoms with van der Waals surface area (Å²) >= 11 is 3.30. The van der Waals surface area contributed by atoms with Crippen molar-refractivity contribution in [3.05, 3.63) is 34.1 Å². The molecule has 1 aromatic carbocycles. The number of halogens is 2. The molecular weight excluding hydrogens is 333 g/mol. The van der Waals surface area contributed by atoms with Gasteiger partial charge in [0.1, 0.15) is 5.82 Å². The second-order valence-electron chi connectivity index (χ2n) is 6.61. The Hall–Kier alpha value is -0.450. The molecule has 4 heteroatoms. The first-order valence-electron chi connectivity index (χ1n) is 7.65. The summed E-state index contributed by atoms with van der Waals surface area (Å²) in [7, 11) is 4.08. The predicted molar refractivity (Wildman–Crippen MR) is 87.9 cm³/mol. The quantitative estimate of drug-likeness (QED) is 0.879. The molecule has 2 rings (SSSR count). The van der Waals surface area contributed by atoms with Gasteiger partial charge in [-0.2, -0.15) is 0 Å². The fourth-order valence-corrected chi connectivity index (χ4v) is 3.87. The third-order valence-corrected chi connectivity index (χ3v) is 5.98. The molecule has 118 valence electrons. The molecule has 0 amide bonds. The molecule has 1 aliphatic carbocycles. The van der Waals surface area contributed by atoms with Crippen LogP contribution in [-0.2, 0) is 6.42 Å². The number of benzene rings is 1. The molecule has 2 nitrogen and oxygen atoms in total. The zero-order valence-electron chi connectivity index (χ0n) is 13.1. The summed E-state index contributed by atoms with van der Waals surface area (Å²) in [6.45, 7) is 2.27. The summed E-state index contributed by atoms with van der Waals surface area (Å²) in [5.74, 6) is 0.460. The molecule has 1 N–H and O–H groups in total. The number of aliphatic hydroxyl groups is 1. The summed E-state index contributed by atoms with van der Waals surface area (Å²) < 4.78 is 14.1. The summed E-state index contributed by atoms with van der Waals surface area (Å²) in [6.07, 6.45) is 4.26. The minimum absolute atomic E-state index is 0.196. The van der Waals surface area contributed by atoms with Crippen molar-refractivity contribution in [2.75, 3.05) is 14.1 Å². The second kappa shape index (κ2) is 6.76. The molecule has 0 bridgehead atoms. The number of likely N-dealkylation sites (N-methyl/N-ethyl adjacent to an activating group) is 1. The Balaban J connectivity index is 2.20. The van der Waals surface area contributed by atoms with Crippen molar-refractivity contribution in [1.82, 2.24) is 4.90 Å². The highest BCUT2D eigenvalue weighted by molar-refractivity contribution is 9.10. The highest BCUT2D eigenvalue weighted by atomic mass is 79.9. The third kappa shape index (κ3) is 3.49. The lowest BCUT2D eigenvalue weighted by molar-refractivity contribution is -0.0383. The minimum atomic E-state index is -0.488. The SMILES string of the molecule is CC1CCC(C(O)Cc2cccc(F)c2Br)(N(C)C)CC1. The fourth-order valence-electron chi connectivity index (χ4n) is 3.44. The van der Waals surface area contributed by atoms with Gasteiger partial charge in [-0.1, -0.05) is 19.1 Å². The predicted octanol–water partition coefficient (Wildman–Crippen LogP) is 4.00. The third-order valence-electron chi connectivity index (χ3n) is 5.10. The van der Waals surface area contributed by atoms with Crippen LogP contribution in [0.3, 0.4) is 0 Å². The maximum absolute atomic E-state index is 13.6. The molecular formula is C17H25BrFNO. The summed E-state index contributed by atoms with van der Waals surface area (Å²) in [5, 5.41) is 10.9. The number of hydrogen-bond donors (Lipinski definition) is 1. The normalized spacial score (nSPS) is 27.9. The van der Waals surface area contributed by atoms with Crippen molar-refractivity contribution in [2.24, 2.45) is 5.92 Å². The number of hydrogen-bond acceptors (Lipinski definition) is 2. The van der Waals surface area contributed by atoms with Crippen LogP contribution in [0.25, 0.3) is 0 Å². The van der Waals surface area contributed by atoms with Crippen LogP contribution in [0.5, 0.6) is 0 Å². The van der Waals surface area contributed by atoms with E-state index < -0.39 is 6.10 Å². The molecule has 21 heavy (non-hydrogen) atoms. The summed E-state index contributed by atoms with van der Waals surface area (Å²) in [4.78, 5) is 2.16. The van der Waals surface area contributed by atoms with Gasteiger partial charge in [-0.15, -0.1) is 0 Å². The van der Waals surface area contributed by atoms with E-state index in [0.717, 1.165) is 37.2 Å². The van der Waals surface area contributed by atoms with Gasteiger partial charge in [-0.05, 0) is 73.3 Å². The fraction of sp³-hybridized carbons (Fsp3) is 0.647. The summed E-state index contributed by atoms with van der Waals surface area (Å²) in [6, 6.07) is 5.02. The van der Waals surface area contributed by atoms with Gasteiger partial charge in [0.05, 0.1) is 10.6 Å². The zero-order chi connectivity index (χ0) is 15.6. The average Bonchev–Trinajstić information content (AvgIpc) is 2.44. The molecule has 0 heterocycles. The van der Waals surface area contributed by atoms with Crippen molar-refractivity contribution in [2.45, 2.75) is 50.7 Å². The van der Waals surface area contributed by atoms with Crippen molar-refractivity contribution in [3.63, 3.8) is 0 Å². The molecule has 0 saturated heterocycles. The van der Waals surface area contributed by atoms with Crippen LogP contribution in [0.1, 0.15) is 38.2 Å². The van der Waals surface area contributed by atoms with E-state index in [2.05, 4.69) is 27.8 Å². The first-order valence-corrected chi connectivity index (χ1v) is 8.44. The first-order chi connectivity index (χ1) is 9.86. The van der Waals surface area contributed by atoms with Gasteiger partial charge in [-0.25, -0.2) is 4.39 Å². The monoisotopic (exact) mass is 357 g/mol. The van der Waals surface area contributed by atoms with E-state index in [-0.39, 0.29) is 11.4 Å². The van der Waals surface area contributed by atoms with Gasteiger partial charge in [-0.3, -0.25) is 0 Å². The van der Waals surface area contributed by atoms with Crippen LogP contribution >= 0.6 is 15.9 Å². The number of rotatable bonds is 4. The minimum Gasteiger partial charge on any atom is -0.391 e. The lowest BCUT2D eigenvalue weighted by atomic mass is 9.72. The van der Waals surface area contributed by atoms with Gasteiger partial charge in [0.15, 0.2) is 0 Å². The Kier molecular flexibility index (Phi) is 5.44. The topological polar surface area (TPSA) is 23.5 Å². The standard InChI is InChI=1S/C17H25BrFNO/c1-12-7-9-17(10-8-12,20(2)3)15(21)11-13-5-4-6-14(19)16(13)18/h4-6,12,15,21H,7-11H2,1-3H3. The highest BCUT2D eigenvalue weighted by Gasteiger charge is 2.42. The van der Waals surface area contributed by atoms with Crippen LogP contribution < -0.4 is 0 Å². The van der Waals surface area contributed by atoms with Crippen LogP contribution in [0.4, 0.5) is 4.39 Å². The van der Waals surface area contributed by atoms with Gasteiger partial charge in [0, 0.05) is 12.0 Å². The van der Waals surface area contributed by atoms with E-state index in [1.54, 1.807) is 6.07 Å². The van der Waals surface area contributed by atoms with Crippen LogP contribution in [0.2, 0.25) is 0 Å². The maximum atomic E-state index is 13.6. The number of aliphatic hydroxyl groups excluding tert-OH is 1. The van der Waals surface area contributed by atoms with Crippen LogP contribution in [-0.4, -0.2) is 35.7 Å². The van der Waals surface area contributed by atoms with Gasteiger partial charge in [0.2, 0.25) is 0 Å². The molecule has 1 aliphatic rings. The van der Waals surface area contributed by atoms with E-state index in [4.69, 9.17) is 0 Å². The average molecular weight is 358 g/mol. The van der Waals surface area contributed by atoms with Crippen molar-refractivity contribution in [3.8, 4) is 0 Å². The molecule has 0 spiro atoms. The van der Waals surface area contributed by atoms with Gasteiger partial charge >= 0.3 is 0 Å². The highest BCUT2D eigenvalue weighted by Crippen LogP contribution is 2.39. The Labute approximate surface area is 135 Å². The lowest BCUT2D eigenvalue weighted by Gasteiger charge is -2.48. The maximum Gasteiger partial charge on any atom is 0.137 e. The Bertz CT molecular complexity index is 484. The van der Waals surface area contributed by atoms with Crippen molar-refractivity contribution in [1.29, 1.82) is 0 Å². The summed E-state index contributed by atoms with van der Waals surface area (Å²) in [5.41, 5.74) is 0.639. The van der Waals surface area contributed by atoms with Gasteiger partial charge in [0.25, 0.3) is 0 Å². The van der Waals surface area contributed by atoms with E-state index in [1.807, 2.05) is 20.2 Å². The molecule has 1 atom stereocenters. The molecule has 1 unspecified atom stereocenters. The first kappa shape index (κ1) is 16.9. The Morgan fingerprint density at radius 1 is 1.38 bits per heavy atom. The molecule has 0 aromatic heterocycles. The van der Waals surface area contributed by atoms with Crippen LogP contribution in [0, 0.1) is 11.7 Å². The Morgan fingerprint density at radius 3 is 2.57 bits per heavy atom. The second-order valence-corrected chi connectivity index (χ2v) is 7.41. The largest absolute Gasteiger partial charge is 0.391 e. The van der Waals surface area contributed by atoms with E-state index >= 15 is 0 Å². The van der Waals surface area contributed by atoms with Gasteiger partial charge < -0.3 is 10.0 Å². The number of nitrogens with zero attached hydrogens (tertiary/aromatic N) is 1. The smallest absolute Gasteiger partial charge is 0.137 e. The van der Waals surface area contributed by atoms with E-state index in [0.29, 0.717) is 10.9 Å². The van der Waals surface area contributed by atoms with E-state index in [1.165, 1.54) is 6.07 Å². The molecule has 1 fully saturated rings. The molecule has 1 aromatic rings. The van der Waals surface area contributed by atoms with Crippen molar-refractivity contribution >= 4 is 15.9 Å². The lowest BCUT2D eigenvalue weighted by Crippen LogP contribution is -2.56. The Morgan fingerprint density at radius 2 is 2.00 bits per heavy atom. The molecule has 1 saturated carbocycles.